The number of hydrogen-bond acceptors (Lipinski definition) is 3. The predicted molar refractivity (Wildman–Crippen MR) is 93.1 cm³/mol. The van der Waals surface area contributed by atoms with Gasteiger partial charge in [-0.3, -0.25) is 0 Å². The molecule has 0 fully saturated rings. The highest BCUT2D eigenvalue weighted by molar-refractivity contribution is 5.78. The molecule has 2 aromatic carbocycles. The van der Waals surface area contributed by atoms with Crippen molar-refractivity contribution in [2.24, 2.45) is 0 Å². The number of carbonyl (C=O) groups excluding carboxylic acids is 1. The van der Waals surface area contributed by atoms with E-state index in [2.05, 4.69) is 10.6 Å². The predicted octanol–water partition coefficient (Wildman–Crippen LogP) is 4.01. The van der Waals surface area contributed by atoms with Crippen LogP contribution < -0.4 is 15.4 Å². The lowest BCUT2D eigenvalue weighted by molar-refractivity contribution is 0.232. The van der Waals surface area contributed by atoms with E-state index in [0.717, 1.165) is 11.0 Å². The average Bonchev–Trinajstić information content (AvgIpc) is 3.04. The van der Waals surface area contributed by atoms with Crippen LogP contribution in [0, 0.1) is 5.82 Å². The number of fused-ring (bicyclic) bond motifs is 1. The molecule has 0 spiro atoms. The standard InChI is InChI=1S/C19H19FN2O3/c1-13(18-12-14-4-2-3-5-17(14)25-18)22-19(23)21-10-11-24-16-8-6-15(20)7-9-16/h2-9,12-13H,10-11H2,1H3,(H2,21,22,23). The summed E-state index contributed by atoms with van der Waals surface area (Å²) in [5, 5.41) is 6.52. The van der Waals surface area contributed by atoms with Crippen molar-refractivity contribution in [3.8, 4) is 5.75 Å². The third-order valence-electron chi connectivity index (χ3n) is 3.69. The molecule has 6 heteroatoms. The van der Waals surface area contributed by atoms with E-state index in [0.29, 0.717) is 18.1 Å². The van der Waals surface area contributed by atoms with E-state index in [-0.39, 0.29) is 24.5 Å². The third-order valence-corrected chi connectivity index (χ3v) is 3.69. The van der Waals surface area contributed by atoms with Crippen LogP contribution in [0.3, 0.4) is 0 Å². The van der Waals surface area contributed by atoms with Gasteiger partial charge in [0.15, 0.2) is 0 Å². The molecule has 1 atom stereocenters. The van der Waals surface area contributed by atoms with Gasteiger partial charge < -0.3 is 19.8 Å². The topological polar surface area (TPSA) is 63.5 Å². The first-order valence-electron chi connectivity index (χ1n) is 8.03. The Kier molecular flexibility index (Phi) is 5.18. The van der Waals surface area contributed by atoms with Crippen LogP contribution in [0.5, 0.6) is 5.75 Å². The van der Waals surface area contributed by atoms with Gasteiger partial charge in [0.25, 0.3) is 0 Å². The number of furan rings is 1. The Morgan fingerprint density at radius 3 is 2.72 bits per heavy atom. The summed E-state index contributed by atoms with van der Waals surface area (Å²) in [4.78, 5) is 11.9. The van der Waals surface area contributed by atoms with Gasteiger partial charge in [-0.1, -0.05) is 18.2 Å². The normalized spacial score (nSPS) is 11.9. The highest BCUT2D eigenvalue weighted by atomic mass is 19.1. The monoisotopic (exact) mass is 342 g/mol. The Labute approximate surface area is 144 Å². The molecule has 5 nitrogen and oxygen atoms in total. The van der Waals surface area contributed by atoms with Crippen molar-refractivity contribution in [1.82, 2.24) is 10.6 Å². The zero-order valence-corrected chi connectivity index (χ0v) is 13.8. The number of ether oxygens (including phenoxy) is 1. The lowest BCUT2D eigenvalue weighted by Gasteiger charge is -2.13. The summed E-state index contributed by atoms with van der Waals surface area (Å²) in [5.41, 5.74) is 0.791. The molecule has 0 saturated heterocycles. The van der Waals surface area contributed by atoms with Gasteiger partial charge in [0.1, 0.15) is 29.5 Å². The second-order valence-corrected chi connectivity index (χ2v) is 5.61. The van der Waals surface area contributed by atoms with Crippen molar-refractivity contribution in [2.75, 3.05) is 13.2 Å². The molecule has 130 valence electrons. The van der Waals surface area contributed by atoms with Crippen LogP contribution in [0.2, 0.25) is 0 Å². The lowest BCUT2D eigenvalue weighted by Crippen LogP contribution is -2.38. The number of halogens is 1. The minimum atomic E-state index is -0.315. The second kappa shape index (κ2) is 7.70. The van der Waals surface area contributed by atoms with Crippen LogP contribution in [-0.4, -0.2) is 19.2 Å². The summed E-state index contributed by atoms with van der Waals surface area (Å²) in [7, 11) is 0. The smallest absolute Gasteiger partial charge is 0.315 e. The SMILES string of the molecule is CC(NC(=O)NCCOc1ccc(F)cc1)c1cc2ccccc2o1. The summed E-state index contributed by atoms with van der Waals surface area (Å²) in [6.45, 7) is 2.47. The Morgan fingerprint density at radius 1 is 1.20 bits per heavy atom. The quantitative estimate of drug-likeness (QED) is 0.665. The molecule has 0 saturated carbocycles. The van der Waals surface area contributed by atoms with E-state index in [1.165, 1.54) is 12.1 Å². The van der Waals surface area contributed by atoms with Gasteiger partial charge in [0.2, 0.25) is 0 Å². The molecule has 25 heavy (non-hydrogen) atoms. The molecule has 0 aliphatic rings. The number of para-hydroxylation sites is 1. The summed E-state index contributed by atoms with van der Waals surface area (Å²) in [6.07, 6.45) is 0. The van der Waals surface area contributed by atoms with Crippen LogP contribution in [0.25, 0.3) is 11.0 Å². The lowest BCUT2D eigenvalue weighted by atomic mass is 10.2. The zero-order valence-electron chi connectivity index (χ0n) is 13.8. The maximum atomic E-state index is 12.8. The molecule has 0 aliphatic heterocycles. The summed E-state index contributed by atoms with van der Waals surface area (Å²) in [5.74, 6) is 0.933. The minimum absolute atomic E-state index is 0.259. The van der Waals surface area contributed by atoms with E-state index in [1.807, 2.05) is 37.3 Å². The first kappa shape index (κ1) is 16.8. The van der Waals surface area contributed by atoms with E-state index in [1.54, 1.807) is 12.1 Å². The number of carbonyl (C=O) groups is 1. The molecular weight excluding hydrogens is 323 g/mol. The van der Waals surface area contributed by atoms with Crippen molar-refractivity contribution >= 4 is 17.0 Å². The minimum Gasteiger partial charge on any atom is -0.492 e. The highest BCUT2D eigenvalue weighted by Gasteiger charge is 2.13. The molecule has 3 aromatic rings. The fraction of sp³-hybridized carbons (Fsp3) is 0.211. The zero-order chi connectivity index (χ0) is 17.6. The number of rotatable bonds is 6. The van der Waals surface area contributed by atoms with Crippen molar-refractivity contribution < 1.29 is 18.3 Å². The van der Waals surface area contributed by atoms with E-state index >= 15 is 0 Å². The van der Waals surface area contributed by atoms with Crippen LogP contribution in [-0.2, 0) is 0 Å². The van der Waals surface area contributed by atoms with Gasteiger partial charge in [0.05, 0.1) is 12.6 Å². The summed E-state index contributed by atoms with van der Waals surface area (Å²) in [6, 6.07) is 14.8. The second-order valence-electron chi connectivity index (χ2n) is 5.61. The van der Waals surface area contributed by atoms with Gasteiger partial charge in [0, 0.05) is 5.39 Å². The Hall–Kier alpha value is -3.02. The van der Waals surface area contributed by atoms with E-state index in [4.69, 9.17) is 9.15 Å². The van der Waals surface area contributed by atoms with Gasteiger partial charge in [-0.15, -0.1) is 0 Å². The van der Waals surface area contributed by atoms with Crippen molar-refractivity contribution in [1.29, 1.82) is 0 Å². The molecule has 0 radical (unpaired) electrons. The number of hydrogen-bond donors (Lipinski definition) is 2. The largest absolute Gasteiger partial charge is 0.492 e. The molecule has 3 rings (SSSR count). The molecule has 2 amide bonds. The van der Waals surface area contributed by atoms with Gasteiger partial charge in [-0.25, -0.2) is 9.18 Å². The fourth-order valence-electron chi connectivity index (χ4n) is 2.40. The van der Waals surface area contributed by atoms with E-state index in [9.17, 15) is 9.18 Å². The first-order valence-corrected chi connectivity index (χ1v) is 8.03. The molecule has 1 heterocycles. The highest BCUT2D eigenvalue weighted by Crippen LogP contribution is 2.23. The molecule has 1 unspecified atom stereocenters. The van der Waals surface area contributed by atoms with Crippen LogP contribution in [0.4, 0.5) is 9.18 Å². The van der Waals surface area contributed by atoms with Crippen LogP contribution in [0.15, 0.2) is 59.0 Å². The Morgan fingerprint density at radius 2 is 1.96 bits per heavy atom. The molecule has 2 N–H and O–H groups in total. The maximum Gasteiger partial charge on any atom is 0.315 e. The fourth-order valence-corrected chi connectivity index (χ4v) is 2.40. The van der Waals surface area contributed by atoms with Gasteiger partial charge in [-0.05, 0) is 43.3 Å². The van der Waals surface area contributed by atoms with Crippen molar-refractivity contribution in [2.45, 2.75) is 13.0 Å². The van der Waals surface area contributed by atoms with Gasteiger partial charge in [-0.2, -0.15) is 0 Å². The maximum absolute atomic E-state index is 12.8. The molecule has 1 aromatic heterocycles. The molecule has 0 aliphatic carbocycles. The van der Waals surface area contributed by atoms with E-state index < -0.39 is 0 Å². The number of urea groups is 1. The summed E-state index contributed by atoms with van der Waals surface area (Å²) < 4.78 is 23.9. The first-order chi connectivity index (χ1) is 12.1. The average molecular weight is 342 g/mol. The number of nitrogens with one attached hydrogen (secondary N) is 2. The third kappa shape index (κ3) is 4.50. The Balaban J connectivity index is 1.43. The number of amides is 2. The Bertz CT molecular complexity index is 812. The molecule has 0 bridgehead atoms. The summed E-state index contributed by atoms with van der Waals surface area (Å²) >= 11 is 0. The van der Waals surface area contributed by atoms with Crippen molar-refractivity contribution in [3.05, 3.63) is 66.2 Å². The van der Waals surface area contributed by atoms with Gasteiger partial charge >= 0.3 is 6.03 Å². The number of benzene rings is 2. The molecular formula is C19H19FN2O3. The van der Waals surface area contributed by atoms with Crippen LogP contribution >= 0.6 is 0 Å². The van der Waals surface area contributed by atoms with Crippen LogP contribution in [0.1, 0.15) is 18.7 Å². The van der Waals surface area contributed by atoms with Crippen molar-refractivity contribution in [3.63, 3.8) is 0 Å².